The summed E-state index contributed by atoms with van der Waals surface area (Å²) in [6, 6.07) is 0. The van der Waals surface area contributed by atoms with Gasteiger partial charge in [0.2, 0.25) is 5.66 Å². The monoisotopic (exact) mass is 168 g/mol. The lowest BCUT2D eigenvalue weighted by atomic mass is 10.0. The number of hydrogen-bond acceptors (Lipinski definition) is 6. The molecule has 0 aromatic carbocycles. The molecule has 2 aliphatic rings. The molecule has 2 heterocycles. The number of nitrogens with one attached hydrogen (secondary N) is 2. The second-order valence-corrected chi connectivity index (χ2v) is 2.67. The summed E-state index contributed by atoms with van der Waals surface area (Å²) in [5.74, 6) is -1.85. The van der Waals surface area contributed by atoms with Crippen LogP contribution in [0.25, 0.3) is 0 Å². The summed E-state index contributed by atoms with van der Waals surface area (Å²) in [7, 11) is 0. The lowest BCUT2D eigenvalue weighted by Gasteiger charge is -2.35. The molecule has 2 aliphatic heterocycles. The zero-order chi connectivity index (χ0) is 8.82. The van der Waals surface area contributed by atoms with Gasteiger partial charge in [-0.3, -0.25) is 16.3 Å². The van der Waals surface area contributed by atoms with Crippen LogP contribution in [0.5, 0.6) is 0 Å². The Balaban J connectivity index is 2.52. The molecule has 0 radical (unpaired) electrons. The molecule has 0 aromatic rings. The number of rotatable bonds is 0. The van der Waals surface area contributed by atoms with E-state index >= 15 is 0 Å². The maximum absolute atomic E-state index is 11.3. The van der Waals surface area contributed by atoms with Crippen LogP contribution < -0.4 is 22.1 Å². The number of carbonyl (C=O) groups excluding carboxylic acids is 1. The van der Waals surface area contributed by atoms with Crippen LogP contribution in [0.2, 0.25) is 0 Å². The maximum atomic E-state index is 11.3. The minimum atomic E-state index is -1.46. The molecular formula is C5H8N6O. The van der Waals surface area contributed by atoms with Crippen molar-refractivity contribution in [2.75, 3.05) is 0 Å². The van der Waals surface area contributed by atoms with Crippen LogP contribution in [0.1, 0.15) is 0 Å². The SMILES string of the molecule is NC12N=CNC(=O)C1(N)NC=N2. The van der Waals surface area contributed by atoms with Crippen molar-refractivity contribution in [1.82, 2.24) is 10.6 Å². The van der Waals surface area contributed by atoms with Gasteiger partial charge in [-0.25, -0.2) is 9.98 Å². The predicted molar refractivity (Wildman–Crippen MR) is 42.1 cm³/mol. The molecule has 1 amide bonds. The van der Waals surface area contributed by atoms with Gasteiger partial charge in [-0.15, -0.1) is 0 Å². The molecule has 6 N–H and O–H groups in total. The number of hydrogen-bond donors (Lipinski definition) is 4. The molecule has 0 aromatic heterocycles. The first kappa shape index (κ1) is 7.19. The quantitative estimate of drug-likeness (QED) is 0.309. The normalized spacial score (nSPS) is 43.7. The van der Waals surface area contributed by atoms with Crippen LogP contribution in [0.4, 0.5) is 0 Å². The average Bonchev–Trinajstić information content (AvgIpc) is 2.30. The van der Waals surface area contributed by atoms with E-state index < -0.39 is 17.4 Å². The van der Waals surface area contributed by atoms with E-state index in [1.807, 2.05) is 0 Å². The Labute approximate surface area is 67.9 Å². The van der Waals surface area contributed by atoms with Crippen LogP contribution in [0, 0.1) is 0 Å². The molecule has 64 valence electrons. The minimum absolute atomic E-state index is 0.447. The highest BCUT2D eigenvalue weighted by atomic mass is 16.2. The van der Waals surface area contributed by atoms with Crippen LogP contribution in [-0.2, 0) is 4.79 Å². The van der Waals surface area contributed by atoms with Crippen molar-refractivity contribution >= 4 is 18.6 Å². The summed E-state index contributed by atoms with van der Waals surface area (Å²) < 4.78 is 0. The predicted octanol–water partition coefficient (Wildman–Crippen LogP) is -2.96. The molecule has 0 saturated carbocycles. The van der Waals surface area contributed by atoms with Crippen LogP contribution >= 0.6 is 0 Å². The van der Waals surface area contributed by atoms with E-state index in [4.69, 9.17) is 11.5 Å². The smallest absolute Gasteiger partial charge is 0.271 e. The Hall–Kier alpha value is -1.47. The summed E-state index contributed by atoms with van der Waals surface area (Å²) in [4.78, 5) is 18.8. The third-order valence-corrected chi connectivity index (χ3v) is 1.95. The van der Waals surface area contributed by atoms with E-state index in [0.29, 0.717) is 0 Å². The summed E-state index contributed by atoms with van der Waals surface area (Å²) in [5.41, 5.74) is 9.84. The van der Waals surface area contributed by atoms with E-state index in [9.17, 15) is 4.79 Å². The molecule has 0 saturated heterocycles. The Morgan fingerprint density at radius 2 is 2.00 bits per heavy atom. The van der Waals surface area contributed by atoms with Gasteiger partial charge < -0.3 is 10.6 Å². The van der Waals surface area contributed by atoms with Gasteiger partial charge in [0.15, 0.2) is 0 Å². The van der Waals surface area contributed by atoms with E-state index in [2.05, 4.69) is 20.6 Å². The standard InChI is InChI=1S/C5H8N6O/c6-4-3(12)8-1-10-5(4,7)11-2-9-4/h1-2H,6-7H2,(H,9,11)(H,8,10,12). The number of nitrogens with zero attached hydrogens (tertiary/aromatic N) is 2. The fraction of sp³-hybridized carbons (Fsp3) is 0.400. The summed E-state index contributed by atoms with van der Waals surface area (Å²) >= 11 is 0. The molecule has 0 fully saturated rings. The molecule has 2 unspecified atom stereocenters. The number of amides is 1. The highest BCUT2D eigenvalue weighted by molar-refractivity contribution is 6.00. The van der Waals surface area contributed by atoms with E-state index in [1.165, 1.54) is 12.7 Å². The number of aliphatic imine (C=N–C) groups is 2. The van der Waals surface area contributed by atoms with Crippen molar-refractivity contribution in [3.63, 3.8) is 0 Å². The molecule has 7 nitrogen and oxygen atoms in total. The van der Waals surface area contributed by atoms with Crippen LogP contribution in [-0.4, -0.2) is 30.0 Å². The van der Waals surface area contributed by atoms with Crippen molar-refractivity contribution in [1.29, 1.82) is 0 Å². The van der Waals surface area contributed by atoms with Gasteiger partial charge in [-0.05, 0) is 0 Å². The van der Waals surface area contributed by atoms with Crippen LogP contribution in [0.3, 0.4) is 0 Å². The van der Waals surface area contributed by atoms with Gasteiger partial charge in [0, 0.05) is 0 Å². The first-order chi connectivity index (χ1) is 5.58. The molecule has 0 bridgehead atoms. The molecule has 2 rings (SSSR count). The number of nitrogens with two attached hydrogens (primary N) is 2. The van der Waals surface area contributed by atoms with Gasteiger partial charge in [0.25, 0.3) is 11.7 Å². The van der Waals surface area contributed by atoms with Crippen molar-refractivity contribution in [3.05, 3.63) is 0 Å². The zero-order valence-electron chi connectivity index (χ0n) is 6.11. The topological polar surface area (TPSA) is 118 Å². The third kappa shape index (κ3) is 0.594. The Morgan fingerprint density at radius 3 is 2.67 bits per heavy atom. The Morgan fingerprint density at radius 1 is 1.33 bits per heavy atom. The first-order valence-electron chi connectivity index (χ1n) is 3.32. The lowest BCUT2D eigenvalue weighted by molar-refractivity contribution is -0.128. The van der Waals surface area contributed by atoms with Crippen LogP contribution in [0.15, 0.2) is 9.98 Å². The zero-order valence-corrected chi connectivity index (χ0v) is 6.11. The molecule has 12 heavy (non-hydrogen) atoms. The van der Waals surface area contributed by atoms with Gasteiger partial charge in [-0.2, -0.15) is 0 Å². The van der Waals surface area contributed by atoms with E-state index in [0.717, 1.165) is 0 Å². The van der Waals surface area contributed by atoms with E-state index in [1.54, 1.807) is 0 Å². The highest BCUT2D eigenvalue weighted by Crippen LogP contribution is 2.23. The Kier molecular flexibility index (Phi) is 1.09. The van der Waals surface area contributed by atoms with Crippen molar-refractivity contribution in [2.45, 2.75) is 11.4 Å². The van der Waals surface area contributed by atoms with Crippen molar-refractivity contribution in [2.24, 2.45) is 21.5 Å². The number of fused-ring (bicyclic) bond motifs is 1. The molecule has 2 atom stereocenters. The van der Waals surface area contributed by atoms with Gasteiger partial charge >= 0.3 is 0 Å². The van der Waals surface area contributed by atoms with Crippen molar-refractivity contribution in [3.8, 4) is 0 Å². The largest absolute Gasteiger partial charge is 0.346 e. The van der Waals surface area contributed by atoms with Gasteiger partial charge in [-0.1, -0.05) is 0 Å². The summed E-state index contributed by atoms with van der Waals surface area (Å²) in [6.45, 7) is 0. The number of carbonyl (C=O) groups is 1. The lowest BCUT2D eigenvalue weighted by Crippen LogP contribution is -2.76. The Bertz CT molecular complexity index is 298. The summed E-state index contributed by atoms with van der Waals surface area (Å²) in [5, 5.41) is 4.90. The average molecular weight is 168 g/mol. The van der Waals surface area contributed by atoms with Gasteiger partial charge in [0.1, 0.15) is 0 Å². The highest BCUT2D eigenvalue weighted by Gasteiger charge is 2.56. The second kappa shape index (κ2) is 1.82. The minimum Gasteiger partial charge on any atom is -0.346 e. The fourth-order valence-electron chi connectivity index (χ4n) is 1.11. The molecule has 7 heteroatoms. The second-order valence-electron chi connectivity index (χ2n) is 2.67. The van der Waals surface area contributed by atoms with Gasteiger partial charge in [0.05, 0.1) is 12.7 Å². The summed E-state index contributed by atoms with van der Waals surface area (Å²) in [6.07, 6.45) is 2.47. The van der Waals surface area contributed by atoms with Crippen molar-refractivity contribution < 1.29 is 4.79 Å². The molecular weight excluding hydrogens is 160 g/mol. The molecule has 0 aliphatic carbocycles. The maximum Gasteiger partial charge on any atom is 0.271 e. The molecule has 0 spiro atoms. The first-order valence-corrected chi connectivity index (χ1v) is 3.32. The fourth-order valence-corrected chi connectivity index (χ4v) is 1.11. The third-order valence-electron chi connectivity index (χ3n) is 1.95. The van der Waals surface area contributed by atoms with E-state index in [-0.39, 0.29) is 0 Å².